The molecule has 1 aromatic carbocycles. The van der Waals surface area contributed by atoms with E-state index in [-0.39, 0.29) is 49.0 Å². The maximum atomic E-state index is 11.6. The van der Waals surface area contributed by atoms with Crippen molar-refractivity contribution in [3.63, 3.8) is 0 Å². The van der Waals surface area contributed by atoms with E-state index in [2.05, 4.69) is 12.1 Å². The van der Waals surface area contributed by atoms with E-state index in [1.165, 1.54) is 7.11 Å². The molecule has 0 aliphatic carbocycles. The van der Waals surface area contributed by atoms with Gasteiger partial charge in [-0.1, -0.05) is 30.3 Å². The van der Waals surface area contributed by atoms with Crippen molar-refractivity contribution in [2.75, 3.05) is 13.7 Å². The molecule has 4 fully saturated rings. The van der Waals surface area contributed by atoms with Crippen LogP contribution in [-0.2, 0) is 39.8 Å². The Morgan fingerprint density at radius 3 is 2.72 bits per heavy atom. The molecular weight excluding hydrogens is 376 g/mol. The monoisotopic (exact) mass is 404 g/mol. The molecule has 0 aromatic heterocycles. The van der Waals surface area contributed by atoms with Gasteiger partial charge in [0.2, 0.25) is 0 Å². The molecule has 2 bridgehead atoms. The van der Waals surface area contributed by atoms with Crippen molar-refractivity contribution >= 4 is 5.97 Å². The van der Waals surface area contributed by atoms with Crippen LogP contribution in [0.5, 0.6) is 0 Å². The van der Waals surface area contributed by atoms with Gasteiger partial charge in [-0.2, -0.15) is 0 Å². The fourth-order valence-corrected chi connectivity index (χ4v) is 5.03. The Morgan fingerprint density at radius 2 is 1.90 bits per heavy atom. The SMILES string of the molecule is COC(=O)CC1CCC2OC3CC4(CCOCc5ccccc5)OC3C(O4)C2O1. The summed E-state index contributed by atoms with van der Waals surface area (Å²) in [6.45, 7) is 1.13. The first kappa shape index (κ1) is 19.5. The summed E-state index contributed by atoms with van der Waals surface area (Å²) in [5.41, 5.74) is 1.15. The predicted octanol–water partition coefficient (Wildman–Crippen LogP) is 2.36. The van der Waals surface area contributed by atoms with Gasteiger partial charge in [-0.3, -0.25) is 4.79 Å². The molecule has 0 N–H and O–H groups in total. The predicted molar refractivity (Wildman–Crippen MR) is 101 cm³/mol. The van der Waals surface area contributed by atoms with E-state index in [0.29, 0.717) is 19.6 Å². The molecule has 29 heavy (non-hydrogen) atoms. The van der Waals surface area contributed by atoms with Gasteiger partial charge in [-0.15, -0.1) is 0 Å². The van der Waals surface area contributed by atoms with Crippen LogP contribution in [-0.4, -0.2) is 62.1 Å². The Morgan fingerprint density at radius 1 is 1.07 bits per heavy atom. The molecule has 7 atom stereocenters. The zero-order valence-electron chi connectivity index (χ0n) is 16.7. The highest BCUT2D eigenvalue weighted by molar-refractivity contribution is 5.69. The fourth-order valence-electron chi connectivity index (χ4n) is 5.03. The highest BCUT2D eigenvalue weighted by Gasteiger charge is 2.65. The largest absolute Gasteiger partial charge is 0.469 e. The number of hydrogen-bond acceptors (Lipinski definition) is 7. The van der Waals surface area contributed by atoms with Crippen LogP contribution in [0.4, 0.5) is 0 Å². The Balaban J connectivity index is 1.17. The van der Waals surface area contributed by atoms with Crippen molar-refractivity contribution < 1.29 is 33.2 Å². The van der Waals surface area contributed by atoms with E-state index in [0.717, 1.165) is 24.8 Å². The van der Waals surface area contributed by atoms with Crippen molar-refractivity contribution in [3.05, 3.63) is 35.9 Å². The maximum Gasteiger partial charge on any atom is 0.308 e. The summed E-state index contributed by atoms with van der Waals surface area (Å²) in [5.74, 6) is -0.902. The minimum absolute atomic E-state index is 0.00387. The minimum atomic E-state index is -0.652. The number of ether oxygens (including phenoxy) is 6. The molecule has 7 nitrogen and oxygen atoms in total. The third-order valence-corrected chi connectivity index (χ3v) is 6.43. The Kier molecular flexibility index (Phi) is 5.34. The Bertz CT molecular complexity index is 725. The van der Waals surface area contributed by atoms with Crippen LogP contribution < -0.4 is 0 Å². The molecule has 1 aromatic rings. The highest BCUT2D eigenvalue weighted by Crippen LogP contribution is 2.52. The van der Waals surface area contributed by atoms with Crippen molar-refractivity contribution in [1.29, 1.82) is 0 Å². The molecule has 158 valence electrons. The Hall–Kier alpha value is -1.51. The first-order valence-electron chi connectivity index (χ1n) is 10.5. The van der Waals surface area contributed by atoms with Gasteiger partial charge in [-0.05, 0) is 18.4 Å². The van der Waals surface area contributed by atoms with Crippen molar-refractivity contribution in [2.24, 2.45) is 0 Å². The lowest BCUT2D eigenvalue weighted by atomic mass is 9.86. The molecule has 0 saturated carbocycles. The molecule has 4 aliphatic rings. The fraction of sp³-hybridized carbons (Fsp3) is 0.682. The molecule has 0 radical (unpaired) electrons. The van der Waals surface area contributed by atoms with Gasteiger partial charge in [0.15, 0.2) is 5.79 Å². The van der Waals surface area contributed by atoms with Gasteiger partial charge in [0.05, 0.1) is 45.1 Å². The lowest BCUT2D eigenvalue weighted by molar-refractivity contribution is -0.268. The average Bonchev–Trinajstić information content (AvgIpc) is 3.29. The number of esters is 1. The van der Waals surface area contributed by atoms with E-state index in [4.69, 9.17) is 28.4 Å². The van der Waals surface area contributed by atoms with E-state index < -0.39 is 5.79 Å². The summed E-state index contributed by atoms with van der Waals surface area (Å²) in [5, 5.41) is 0. The first-order valence-corrected chi connectivity index (χ1v) is 10.5. The minimum Gasteiger partial charge on any atom is -0.469 e. The Labute approximate surface area is 170 Å². The average molecular weight is 404 g/mol. The van der Waals surface area contributed by atoms with E-state index in [9.17, 15) is 4.79 Å². The van der Waals surface area contributed by atoms with Gasteiger partial charge in [0.1, 0.15) is 18.3 Å². The number of hydrogen-bond donors (Lipinski definition) is 0. The highest BCUT2D eigenvalue weighted by atomic mass is 16.8. The van der Waals surface area contributed by atoms with Crippen LogP contribution in [0.1, 0.15) is 37.7 Å². The molecule has 4 heterocycles. The van der Waals surface area contributed by atoms with Gasteiger partial charge < -0.3 is 28.4 Å². The van der Waals surface area contributed by atoms with Crippen LogP contribution in [0.3, 0.4) is 0 Å². The van der Waals surface area contributed by atoms with Gasteiger partial charge in [0, 0.05) is 12.8 Å². The van der Waals surface area contributed by atoms with Crippen LogP contribution in [0.25, 0.3) is 0 Å². The summed E-state index contributed by atoms with van der Waals surface area (Å²) in [6.07, 6.45) is 2.75. The second-order valence-corrected chi connectivity index (χ2v) is 8.36. The van der Waals surface area contributed by atoms with Crippen LogP contribution in [0.2, 0.25) is 0 Å². The van der Waals surface area contributed by atoms with Gasteiger partial charge in [0.25, 0.3) is 0 Å². The smallest absolute Gasteiger partial charge is 0.308 e. The molecule has 0 amide bonds. The molecule has 7 heteroatoms. The van der Waals surface area contributed by atoms with Crippen LogP contribution >= 0.6 is 0 Å². The molecule has 4 aliphatic heterocycles. The molecular formula is C22H28O7. The number of benzene rings is 1. The lowest BCUT2D eigenvalue weighted by Gasteiger charge is -2.48. The first-order chi connectivity index (χ1) is 14.2. The van der Waals surface area contributed by atoms with Gasteiger partial charge in [-0.25, -0.2) is 0 Å². The quantitative estimate of drug-likeness (QED) is 0.510. The maximum absolute atomic E-state index is 11.6. The number of rotatable bonds is 7. The van der Waals surface area contributed by atoms with Crippen molar-refractivity contribution in [3.8, 4) is 0 Å². The third-order valence-electron chi connectivity index (χ3n) is 6.43. The number of methoxy groups -OCH3 is 1. The molecule has 0 spiro atoms. The van der Waals surface area contributed by atoms with Crippen LogP contribution in [0.15, 0.2) is 30.3 Å². The van der Waals surface area contributed by atoms with Gasteiger partial charge >= 0.3 is 5.97 Å². The summed E-state index contributed by atoms with van der Waals surface area (Å²) in [7, 11) is 1.40. The molecule has 5 rings (SSSR count). The van der Waals surface area contributed by atoms with Crippen molar-refractivity contribution in [2.45, 2.75) is 81.1 Å². The topological polar surface area (TPSA) is 72.5 Å². The van der Waals surface area contributed by atoms with Crippen molar-refractivity contribution in [1.82, 2.24) is 0 Å². The number of carbonyl (C=O) groups excluding carboxylic acids is 1. The van der Waals surface area contributed by atoms with E-state index >= 15 is 0 Å². The molecule has 4 saturated heterocycles. The summed E-state index contributed by atoms with van der Waals surface area (Å²) < 4.78 is 35.8. The van der Waals surface area contributed by atoms with E-state index in [1.807, 2.05) is 18.2 Å². The van der Waals surface area contributed by atoms with E-state index in [1.54, 1.807) is 0 Å². The zero-order chi connectivity index (χ0) is 19.8. The zero-order valence-corrected chi connectivity index (χ0v) is 16.7. The second kappa shape index (κ2) is 7.96. The summed E-state index contributed by atoms with van der Waals surface area (Å²) in [4.78, 5) is 11.6. The second-order valence-electron chi connectivity index (χ2n) is 8.36. The summed E-state index contributed by atoms with van der Waals surface area (Å²) in [6, 6.07) is 10.1. The standard InChI is InChI=1S/C22H28O7/c1-24-18(23)11-15-7-8-16-19(26-15)21-20-17(27-16)12-22(28-20,29-21)9-10-25-13-14-5-3-2-4-6-14/h2-6,15-17,19-21H,7-13H2,1H3. The third kappa shape index (κ3) is 3.82. The lowest BCUT2D eigenvalue weighted by Crippen LogP contribution is -2.61. The van der Waals surface area contributed by atoms with Crippen LogP contribution in [0, 0.1) is 0 Å². The number of carbonyl (C=O) groups is 1. The summed E-state index contributed by atoms with van der Waals surface area (Å²) >= 11 is 0. The normalized spacial score (nSPS) is 39.9. The number of fused-ring (bicyclic) bond motifs is 3. The molecule has 7 unspecified atom stereocenters.